The van der Waals surface area contributed by atoms with Gasteiger partial charge in [0.05, 0.1) is 25.8 Å². The Balaban J connectivity index is 1.35. The first kappa shape index (κ1) is 22.4. The number of aliphatic imine (C=N–C) groups is 1. The molecule has 0 amide bonds. The number of aryl methyl sites for hydroxylation is 1. The van der Waals surface area contributed by atoms with Crippen LogP contribution in [0.15, 0.2) is 57.9 Å². The van der Waals surface area contributed by atoms with Crippen molar-refractivity contribution in [3.8, 4) is 0 Å². The van der Waals surface area contributed by atoms with Gasteiger partial charge in [0.25, 0.3) is 0 Å². The molecule has 3 aromatic rings. The second-order valence-corrected chi connectivity index (χ2v) is 8.14. The van der Waals surface area contributed by atoms with Crippen LogP contribution < -0.4 is 10.6 Å². The van der Waals surface area contributed by atoms with Gasteiger partial charge >= 0.3 is 0 Å². The highest BCUT2D eigenvalue weighted by atomic mass is 16.5. The Bertz CT molecular complexity index is 1040. The number of guanidine groups is 1. The fourth-order valence-electron chi connectivity index (χ4n) is 3.94. The summed E-state index contributed by atoms with van der Waals surface area (Å²) in [6.07, 6.45) is 2.26. The summed E-state index contributed by atoms with van der Waals surface area (Å²) < 4.78 is 17.5. The lowest BCUT2D eigenvalue weighted by atomic mass is 10.1. The first-order valence-corrected chi connectivity index (χ1v) is 11.5. The molecule has 6 heteroatoms. The van der Waals surface area contributed by atoms with E-state index in [1.54, 1.807) is 0 Å². The zero-order valence-corrected chi connectivity index (χ0v) is 19.0. The van der Waals surface area contributed by atoms with E-state index in [0.717, 1.165) is 60.9 Å². The predicted molar refractivity (Wildman–Crippen MR) is 128 cm³/mol. The number of para-hydroxylation sites is 1. The lowest BCUT2D eigenvalue weighted by molar-refractivity contribution is -0.0390. The van der Waals surface area contributed by atoms with Crippen molar-refractivity contribution in [2.24, 2.45) is 4.99 Å². The van der Waals surface area contributed by atoms with Crippen LogP contribution >= 0.6 is 0 Å². The number of hydrogen-bond donors (Lipinski definition) is 2. The molecule has 1 aliphatic heterocycles. The summed E-state index contributed by atoms with van der Waals surface area (Å²) in [5.74, 6) is 1.71. The van der Waals surface area contributed by atoms with E-state index in [4.69, 9.17) is 18.9 Å². The van der Waals surface area contributed by atoms with Crippen molar-refractivity contribution >= 4 is 16.9 Å². The Kier molecular flexibility index (Phi) is 7.80. The van der Waals surface area contributed by atoms with Crippen LogP contribution in [-0.4, -0.2) is 31.8 Å². The molecule has 2 aromatic carbocycles. The Morgan fingerprint density at radius 3 is 2.69 bits per heavy atom. The van der Waals surface area contributed by atoms with E-state index in [0.29, 0.717) is 25.8 Å². The first-order chi connectivity index (χ1) is 15.7. The molecule has 1 aromatic heterocycles. The quantitative estimate of drug-likeness (QED) is 0.397. The van der Waals surface area contributed by atoms with Crippen molar-refractivity contribution in [3.63, 3.8) is 0 Å². The molecule has 0 spiro atoms. The Labute approximate surface area is 190 Å². The van der Waals surface area contributed by atoms with Crippen LogP contribution in [0.1, 0.15) is 42.2 Å². The van der Waals surface area contributed by atoms with Crippen LogP contribution in [0.3, 0.4) is 0 Å². The monoisotopic (exact) mass is 435 g/mol. The molecule has 0 atom stereocenters. The fourth-order valence-corrected chi connectivity index (χ4v) is 3.94. The maximum atomic E-state index is 6.06. The maximum Gasteiger partial charge on any atom is 0.191 e. The van der Waals surface area contributed by atoms with Crippen LogP contribution in [0.5, 0.6) is 0 Å². The van der Waals surface area contributed by atoms with Gasteiger partial charge in [-0.2, -0.15) is 0 Å². The highest BCUT2D eigenvalue weighted by molar-refractivity contribution is 5.83. The minimum absolute atomic E-state index is 0.302. The van der Waals surface area contributed by atoms with E-state index in [9.17, 15) is 0 Å². The van der Waals surface area contributed by atoms with Gasteiger partial charge in [0.15, 0.2) is 5.96 Å². The van der Waals surface area contributed by atoms with Gasteiger partial charge in [-0.25, -0.2) is 4.99 Å². The van der Waals surface area contributed by atoms with E-state index in [-0.39, 0.29) is 0 Å². The van der Waals surface area contributed by atoms with Gasteiger partial charge in [0, 0.05) is 30.7 Å². The molecule has 1 fully saturated rings. The van der Waals surface area contributed by atoms with E-state index >= 15 is 0 Å². The molecule has 0 bridgehead atoms. The van der Waals surface area contributed by atoms with Gasteiger partial charge in [-0.15, -0.1) is 0 Å². The zero-order valence-electron chi connectivity index (χ0n) is 19.0. The molecule has 4 rings (SSSR count). The predicted octanol–water partition coefficient (Wildman–Crippen LogP) is 4.69. The molecule has 32 heavy (non-hydrogen) atoms. The summed E-state index contributed by atoms with van der Waals surface area (Å²) in [6, 6.07) is 16.6. The highest BCUT2D eigenvalue weighted by Gasteiger charge is 2.14. The largest absolute Gasteiger partial charge is 0.459 e. The zero-order chi connectivity index (χ0) is 22.2. The Morgan fingerprint density at radius 2 is 1.88 bits per heavy atom. The maximum absolute atomic E-state index is 6.06. The number of fused-ring (bicyclic) bond motifs is 1. The first-order valence-electron chi connectivity index (χ1n) is 11.5. The Morgan fingerprint density at radius 1 is 1.06 bits per heavy atom. The number of furan rings is 1. The number of nitrogens with one attached hydrogen (secondary N) is 2. The van der Waals surface area contributed by atoms with Crippen molar-refractivity contribution in [1.82, 2.24) is 10.6 Å². The third kappa shape index (κ3) is 5.90. The molecular weight excluding hydrogens is 402 g/mol. The van der Waals surface area contributed by atoms with E-state index < -0.39 is 0 Å². The molecule has 2 N–H and O–H groups in total. The van der Waals surface area contributed by atoms with E-state index in [1.165, 1.54) is 11.1 Å². The van der Waals surface area contributed by atoms with Gasteiger partial charge in [0.2, 0.25) is 0 Å². The molecule has 0 saturated carbocycles. The van der Waals surface area contributed by atoms with E-state index in [1.807, 2.05) is 18.2 Å². The molecule has 170 valence electrons. The van der Waals surface area contributed by atoms with Crippen molar-refractivity contribution in [3.05, 3.63) is 71.0 Å². The SMILES string of the molecule is CCNC(=NCc1cccc(COC2CCOCC2)c1)NCc1oc2ccccc2c1C. The standard InChI is InChI=1S/C26H33N3O3/c1-3-27-26(29-17-25-19(2)23-9-4-5-10-24(23)32-25)28-16-20-7-6-8-21(15-20)18-31-22-11-13-30-14-12-22/h4-10,15,22H,3,11-14,16-18H2,1-2H3,(H2,27,28,29). The number of nitrogens with zero attached hydrogens (tertiary/aromatic N) is 1. The van der Waals surface area contributed by atoms with Crippen LogP contribution in [0.25, 0.3) is 11.0 Å². The van der Waals surface area contributed by atoms with E-state index in [2.05, 4.69) is 54.8 Å². The van der Waals surface area contributed by atoms with Gasteiger partial charge in [-0.1, -0.05) is 42.5 Å². The Hall–Kier alpha value is -2.83. The second kappa shape index (κ2) is 11.2. The molecule has 6 nitrogen and oxygen atoms in total. The van der Waals surface area contributed by atoms with Crippen LogP contribution in [-0.2, 0) is 29.2 Å². The van der Waals surface area contributed by atoms with Crippen LogP contribution in [0.2, 0.25) is 0 Å². The number of benzene rings is 2. The third-order valence-corrected chi connectivity index (χ3v) is 5.77. The molecule has 0 radical (unpaired) electrons. The van der Waals surface area contributed by atoms with Gasteiger partial charge in [-0.3, -0.25) is 0 Å². The molecular formula is C26H33N3O3. The van der Waals surface area contributed by atoms with Crippen molar-refractivity contribution in [2.75, 3.05) is 19.8 Å². The lowest BCUT2D eigenvalue weighted by Crippen LogP contribution is -2.36. The average Bonchev–Trinajstić information content (AvgIpc) is 3.16. The van der Waals surface area contributed by atoms with Crippen LogP contribution in [0, 0.1) is 6.92 Å². The van der Waals surface area contributed by atoms with Gasteiger partial charge in [-0.05, 0) is 43.9 Å². The third-order valence-electron chi connectivity index (χ3n) is 5.77. The van der Waals surface area contributed by atoms with Crippen molar-refractivity contribution < 1.29 is 13.9 Å². The summed E-state index contributed by atoms with van der Waals surface area (Å²) in [5.41, 5.74) is 4.43. The summed E-state index contributed by atoms with van der Waals surface area (Å²) in [5, 5.41) is 7.88. The smallest absolute Gasteiger partial charge is 0.191 e. The highest BCUT2D eigenvalue weighted by Crippen LogP contribution is 2.24. The van der Waals surface area contributed by atoms with Crippen molar-refractivity contribution in [1.29, 1.82) is 0 Å². The minimum atomic E-state index is 0.302. The summed E-state index contributed by atoms with van der Waals surface area (Å²) >= 11 is 0. The van der Waals surface area contributed by atoms with Gasteiger partial charge in [0.1, 0.15) is 11.3 Å². The lowest BCUT2D eigenvalue weighted by Gasteiger charge is -2.22. The molecule has 1 aliphatic rings. The van der Waals surface area contributed by atoms with Crippen LogP contribution in [0.4, 0.5) is 0 Å². The number of ether oxygens (including phenoxy) is 2. The fraction of sp³-hybridized carbons (Fsp3) is 0.423. The van der Waals surface area contributed by atoms with Gasteiger partial charge < -0.3 is 24.5 Å². The molecule has 1 saturated heterocycles. The second-order valence-electron chi connectivity index (χ2n) is 8.14. The normalized spacial score (nSPS) is 15.2. The molecule has 0 unspecified atom stereocenters. The minimum Gasteiger partial charge on any atom is -0.459 e. The summed E-state index contributed by atoms with van der Waals surface area (Å²) in [7, 11) is 0. The molecule has 0 aliphatic carbocycles. The average molecular weight is 436 g/mol. The summed E-state index contributed by atoms with van der Waals surface area (Å²) in [6.45, 7) is 8.37. The topological polar surface area (TPSA) is 68.0 Å². The summed E-state index contributed by atoms with van der Waals surface area (Å²) in [4.78, 5) is 4.77. The number of rotatable bonds is 8. The molecule has 2 heterocycles. The number of hydrogen-bond acceptors (Lipinski definition) is 4. The van der Waals surface area contributed by atoms with Crippen molar-refractivity contribution in [2.45, 2.75) is 52.5 Å².